The third-order valence-electron chi connectivity index (χ3n) is 4.99. The first-order valence-electron chi connectivity index (χ1n) is 9.92. The maximum absolute atomic E-state index is 12.8. The SMILES string of the molecule is C=CCOc1cc(/C=C/c2ccc(Cl)cc2Br)cc(CN2C(=O)c3ccccc3C2=O)c1. The van der Waals surface area contributed by atoms with E-state index in [-0.39, 0.29) is 18.4 Å². The van der Waals surface area contributed by atoms with E-state index in [9.17, 15) is 9.59 Å². The number of halogens is 2. The van der Waals surface area contributed by atoms with E-state index in [2.05, 4.69) is 22.5 Å². The normalized spacial score (nSPS) is 13.0. The molecule has 0 saturated heterocycles. The van der Waals surface area contributed by atoms with Gasteiger partial charge in [0.05, 0.1) is 17.7 Å². The van der Waals surface area contributed by atoms with E-state index in [4.69, 9.17) is 16.3 Å². The van der Waals surface area contributed by atoms with Crippen LogP contribution in [0.4, 0.5) is 0 Å². The molecule has 4 nitrogen and oxygen atoms in total. The highest BCUT2D eigenvalue weighted by molar-refractivity contribution is 9.10. The zero-order chi connectivity index (χ0) is 22.7. The highest BCUT2D eigenvalue weighted by atomic mass is 79.9. The van der Waals surface area contributed by atoms with Crippen molar-refractivity contribution in [1.29, 1.82) is 0 Å². The topological polar surface area (TPSA) is 46.6 Å². The van der Waals surface area contributed by atoms with Crippen molar-refractivity contribution in [3.8, 4) is 5.75 Å². The van der Waals surface area contributed by atoms with E-state index in [0.717, 1.165) is 21.2 Å². The van der Waals surface area contributed by atoms with Gasteiger partial charge in [-0.3, -0.25) is 14.5 Å². The Balaban J connectivity index is 1.63. The third-order valence-corrected chi connectivity index (χ3v) is 5.92. The average Bonchev–Trinajstić information content (AvgIpc) is 3.02. The number of nitrogens with zero attached hydrogens (tertiary/aromatic N) is 1. The molecule has 0 aliphatic carbocycles. The van der Waals surface area contributed by atoms with Gasteiger partial charge in [-0.25, -0.2) is 0 Å². The van der Waals surface area contributed by atoms with Gasteiger partial charge in [0, 0.05) is 9.50 Å². The second kappa shape index (κ2) is 9.55. The van der Waals surface area contributed by atoms with Crippen LogP contribution in [0.25, 0.3) is 12.2 Å². The number of ether oxygens (including phenoxy) is 1. The molecule has 1 heterocycles. The van der Waals surface area contributed by atoms with Gasteiger partial charge in [0.25, 0.3) is 11.8 Å². The second-order valence-electron chi connectivity index (χ2n) is 7.25. The van der Waals surface area contributed by atoms with Crippen LogP contribution >= 0.6 is 27.5 Å². The fourth-order valence-corrected chi connectivity index (χ4v) is 4.31. The summed E-state index contributed by atoms with van der Waals surface area (Å²) in [6.45, 7) is 4.19. The molecule has 0 atom stereocenters. The van der Waals surface area contributed by atoms with Crippen molar-refractivity contribution in [3.63, 3.8) is 0 Å². The molecule has 0 bridgehead atoms. The minimum atomic E-state index is -0.287. The summed E-state index contributed by atoms with van der Waals surface area (Å²) < 4.78 is 6.62. The van der Waals surface area contributed by atoms with E-state index >= 15 is 0 Å². The summed E-state index contributed by atoms with van der Waals surface area (Å²) in [7, 11) is 0. The van der Waals surface area contributed by atoms with Crippen molar-refractivity contribution in [2.24, 2.45) is 0 Å². The summed E-state index contributed by atoms with van der Waals surface area (Å²) in [6.07, 6.45) is 5.57. The molecule has 0 saturated carbocycles. The van der Waals surface area contributed by atoms with Crippen LogP contribution in [0.1, 0.15) is 37.4 Å². The number of amides is 2. The van der Waals surface area contributed by atoms with Gasteiger partial charge in [0.2, 0.25) is 0 Å². The Hall–Kier alpha value is -3.15. The van der Waals surface area contributed by atoms with E-state index in [0.29, 0.717) is 28.5 Å². The fraction of sp³-hybridized carbons (Fsp3) is 0.0769. The Morgan fingerprint density at radius 1 is 0.969 bits per heavy atom. The van der Waals surface area contributed by atoms with E-state index < -0.39 is 0 Å². The molecule has 0 N–H and O–H groups in total. The molecule has 3 aromatic carbocycles. The molecule has 160 valence electrons. The van der Waals surface area contributed by atoms with Crippen molar-refractivity contribution in [2.75, 3.05) is 6.61 Å². The fourth-order valence-electron chi connectivity index (χ4n) is 3.50. The molecule has 0 fully saturated rings. The van der Waals surface area contributed by atoms with Crippen LogP contribution in [0.5, 0.6) is 5.75 Å². The van der Waals surface area contributed by atoms with Crippen LogP contribution in [0.3, 0.4) is 0 Å². The van der Waals surface area contributed by atoms with Gasteiger partial charge in [0.1, 0.15) is 12.4 Å². The maximum atomic E-state index is 12.8. The van der Waals surface area contributed by atoms with Crippen LogP contribution < -0.4 is 4.74 Å². The first-order chi connectivity index (χ1) is 15.5. The number of rotatable bonds is 7. The van der Waals surface area contributed by atoms with Crippen molar-refractivity contribution >= 4 is 51.5 Å². The van der Waals surface area contributed by atoms with Gasteiger partial charge in [-0.15, -0.1) is 0 Å². The van der Waals surface area contributed by atoms with Gasteiger partial charge in [-0.05, 0) is 59.2 Å². The van der Waals surface area contributed by atoms with Crippen LogP contribution in [0.2, 0.25) is 5.02 Å². The first kappa shape index (κ1) is 22.1. The summed E-state index contributed by atoms with van der Waals surface area (Å²) in [5, 5.41) is 0.650. The molecular formula is C26H19BrClNO3. The monoisotopic (exact) mass is 507 g/mol. The summed E-state index contributed by atoms with van der Waals surface area (Å²) in [4.78, 5) is 26.8. The number of carbonyl (C=O) groups excluding carboxylic acids is 2. The minimum absolute atomic E-state index is 0.156. The Kier molecular flexibility index (Phi) is 6.58. The second-order valence-corrected chi connectivity index (χ2v) is 8.54. The van der Waals surface area contributed by atoms with Gasteiger partial charge in [-0.2, -0.15) is 0 Å². The molecule has 4 rings (SSSR count). The summed E-state index contributed by atoms with van der Waals surface area (Å²) in [5.41, 5.74) is 3.50. The number of fused-ring (bicyclic) bond motifs is 1. The van der Waals surface area contributed by atoms with Gasteiger partial charge in [0.15, 0.2) is 0 Å². The van der Waals surface area contributed by atoms with Crippen LogP contribution in [-0.4, -0.2) is 23.3 Å². The maximum Gasteiger partial charge on any atom is 0.261 e. The predicted octanol–water partition coefficient (Wildman–Crippen LogP) is 6.63. The number of imide groups is 1. The van der Waals surface area contributed by atoms with E-state index in [1.54, 1.807) is 30.3 Å². The van der Waals surface area contributed by atoms with Gasteiger partial charge >= 0.3 is 0 Å². The molecule has 1 aliphatic rings. The lowest BCUT2D eigenvalue weighted by atomic mass is 10.1. The largest absolute Gasteiger partial charge is 0.490 e. The Labute approximate surface area is 199 Å². The van der Waals surface area contributed by atoms with Crippen LogP contribution in [0, 0.1) is 0 Å². The molecule has 0 spiro atoms. The number of hydrogen-bond acceptors (Lipinski definition) is 3. The molecule has 0 unspecified atom stereocenters. The smallest absolute Gasteiger partial charge is 0.261 e. The van der Waals surface area contributed by atoms with E-state index in [1.807, 2.05) is 48.6 Å². The van der Waals surface area contributed by atoms with Crippen molar-refractivity contribution < 1.29 is 14.3 Å². The van der Waals surface area contributed by atoms with Gasteiger partial charge in [-0.1, -0.05) is 70.5 Å². The average molecular weight is 509 g/mol. The van der Waals surface area contributed by atoms with Gasteiger partial charge < -0.3 is 4.74 Å². The highest BCUT2D eigenvalue weighted by Gasteiger charge is 2.35. The molecule has 2 amide bonds. The molecule has 32 heavy (non-hydrogen) atoms. The summed E-state index contributed by atoms with van der Waals surface area (Å²) >= 11 is 9.54. The summed E-state index contributed by atoms with van der Waals surface area (Å²) in [5.74, 6) is 0.0595. The lowest BCUT2D eigenvalue weighted by Crippen LogP contribution is -2.29. The quantitative estimate of drug-likeness (QED) is 0.204. The standard InChI is InChI=1S/C26H19BrClNO3/c1-2-11-32-21-13-17(7-8-19-9-10-20(28)15-24(19)27)12-18(14-21)16-29-25(30)22-5-3-4-6-23(22)26(29)31/h2-10,12-15H,1,11,16H2/b8-7+. The molecule has 1 aliphatic heterocycles. The Morgan fingerprint density at radius 3 is 2.34 bits per heavy atom. The lowest BCUT2D eigenvalue weighted by molar-refractivity contribution is 0.0642. The zero-order valence-corrected chi connectivity index (χ0v) is 19.4. The predicted molar refractivity (Wildman–Crippen MR) is 131 cm³/mol. The third kappa shape index (κ3) is 4.69. The van der Waals surface area contributed by atoms with Crippen molar-refractivity contribution in [3.05, 3.63) is 111 Å². The van der Waals surface area contributed by atoms with Crippen LogP contribution in [0.15, 0.2) is 77.8 Å². The van der Waals surface area contributed by atoms with Crippen molar-refractivity contribution in [2.45, 2.75) is 6.54 Å². The Bertz CT molecular complexity index is 1220. The molecule has 0 radical (unpaired) electrons. The molecule has 6 heteroatoms. The zero-order valence-electron chi connectivity index (χ0n) is 17.1. The van der Waals surface area contributed by atoms with E-state index in [1.165, 1.54) is 4.90 Å². The molecule has 0 aromatic heterocycles. The lowest BCUT2D eigenvalue weighted by Gasteiger charge is -2.15. The number of hydrogen-bond donors (Lipinski definition) is 0. The molecule has 3 aromatic rings. The number of benzene rings is 3. The highest BCUT2D eigenvalue weighted by Crippen LogP contribution is 2.28. The van der Waals surface area contributed by atoms with Crippen molar-refractivity contribution in [1.82, 2.24) is 4.90 Å². The summed E-state index contributed by atoms with van der Waals surface area (Å²) in [6, 6.07) is 18.1. The Morgan fingerprint density at radius 2 is 1.69 bits per heavy atom. The minimum Gasteiger partial charge on any atom is -0.490 e. The molecular weight excluding hydrogens is 490 g/mol. The number of carbonyl (C=O) groups is 2. The van der Waals surface area contributed by atoms with Crippen LogP contribution in [-0.2, 0) is 6.54 Å². The first-order valence-corrected chi connectivity index (χ1v) is 11.1.